The van der Waals surface area contributed by atoms with E-state index in [1.165, 1.54) is 12.4 Å². The van der Waals surface area contributed by atoms with Crippen molar-refractivity contribution in [3.05, 3.63) is 30.1 Å². The van der Waals surface area contributed by atoms with Crippen LogP contribution < -0.4 is 5.32 Å². The van der Waals surface area contributed by atoms with Crippen LogP contribution in [0.15, 0.2) is 24.5 Å². The van der Waals surface area contributed by atoms with Crippen LogP contribution in [0.1, 0.15) is 17.3 Å². The quantitative estimate of drug-likeness (QED) is 0.805. The van der Waals surface area contributed by atoms with Crippen molar-refractivity contribution < 1.29 is 19.4 Å². The molecule has 96 valence electrons. The Hall–Kier alpha value is -1.95. The number of carboxylic acid groups (broad SMARTS) is 1. The molecule has 0 bridgehead atoms. The van der Waals surface area contributed by atoms with E-state index in [-0.39, 0.29) is 19.1 Å². The lowest BCUT2D eigenvalue weighted by molar-refractivity contribution is -0.148. The molecular weight excluding hydrogens is 236 g/mol. The van der Waals surface area contributed by atoms with Gasteiger partial charge in [0.2, 0.25) is 0 Å². The number of nitrogens with one attached hydrogen (secondary N) is 1. The van der Waals surface area contributed by atoms with Gasteiger partial charge in [0, 0.05) is 18.0 Å². The van der Waals surface area contributed by atoms with E-state index >= 15 is 0 Å². The van der Waals surface area contributed by atoms with Gasteiger partial charge in [0.25, 0.3) is 5.91 Å². The number of carbonyl (C=O) groups is 2. The number of rotatable bonds is 3. The Morgan fingerprint density at radius 3 is 2.78 bits per heavy atom. The second-order valence-corrected chi connectivity index (χ2v) is 4.50. The van der Waals surface area contributed by atoms with Crippen LogP contribution in [0, 0.1) is 5.41 Å². The van der Waals surface area contributed by atoms with Crippen LogP contribution in [0.5, 0.6) is 0 Å². The molecule has 2 heterocycles. The Morgan fingerprint density at radius 1 is 1.50 bits per heavy atom. The van der Waals surface area contributed by atoms with E-state index in [1.807, 2.05) is 0 Å². The fourth-order valence-corrected chi connectivity index (χ4v) is 1.83. The van der Waals surface area contributed by atoms with Crippen molar-refractivity contribution in [1.29, 1.82) is 0 Å². The SMILES string of the molecule is CC1(C(=O)O)COCC1NC(=O)c1ccncc1. The Kier molecular flexibility index (Phi) is 3.29. The highest BCUT2D eigenvalue weighted by Gasteiger charge is 2.47. The predicted octanol–water partition coefficient (Wildman–Crippen LogP) is 0.301. The number of aliphatic carboxylic acids is 1. The minimum atomic E-state index is -1.08. The van der Waals surface area contributed by atoms with Gasteiger partial charge in [0.1, 0.15) is 5.41 Å². The van der Waals surface area contributed by atoms with E-state index in [2.05, 4.69) is 10.3 Å². The zero-order valence-corrected chi connectivity index (χ0v) is 9.92. The molecule has 2 unspecified atom stereocenters. The van der Waals surface area contributed by atoms with Crippen molar-refractivity contribution in [3.8, 4) is 0 Å². The van der Waals surface area contributed by atoms with Gasteiger partial charge in [-0.2, -0.15) is 0 Å². The third-order valence-electron chi connectivity index (χ3n) is 3.19. The number of hydrogen-bond acceptors (Lipinski definition) is 4. The number of carboxylic acids is 1. The summed E-state index contributed by atoms with van der Waals surface area (Å²) in [5.74, 6) is -1.29. The van der Waals surface area contributed by atoms with Crippen LogP contribution >= 0.6 is 0 Å². The number of pyridine rings is 1. The van der Waals surface area contributed by atoms with Crippen molar-refractivity contribution in [2.75, 3.05) is 13.2 Å². The molecule has 2 N–H and O–H groups in total. The number of amides is 1. The summed E-state index contributed by atoms with van der Waals surface area (Å²) in [7, 11) is 0. The minimum absolute atomic E-state index is 0.101. The molecule has 0 radical (unpaired) electrons. The maximum Gasteiger partial charge on any atom is 0.313 e. The molecule has 1 aliphatic rings. The maximum absolute atomic E-state index is 11.9. The molecule has 0 aromatic carbocycles. The van der Waals surface area contributed by atoms with Gasteiger partial charge in [-0.3, -0.25) is 14.6 Å². The second kappa shape index (κ2) is 4.73. The lowest BCUT2D eigenvalue weighted by atomic mass is 9.85. The first-order valence-corrected chi connectivity index (χ1v) is 5.56. The fourth-order valence-electron chi connectivity index (χ4n) is 1.83. The van der Waals surface area contributed by atoms with Gasteiger partial charge >= 0.3 is 5.97 Å². The minimum Gasteiger partial charge on any atom is -0.481 e. The molecule has 1 aromatic rings. The monoisotopic (exact) mass is 250 g/mol. The van der Waals surface area contributed by atoms with Gasteiger partial charge in [-0.15, -0.1) is 0 Å². The standard InChI is InChI=1S/C12H14N2O4/c1-12(11(16)17)7-18-6-9(12)14-10(15)8-2-4-13-5-3-8/h2-5,9H,6-7H2,1H3,(H,14,15)(H,16,17). The van der Waals surface area contributed by atoms with Gasteiger partial charge in [-0.25, -0.2) is 0 Å². The fraction of sp³-hybridized carbons (Fsp3) is 0.417. The van der Waals surface area contributed by atoms with Crippen molar-refractivity contribution >= 4 is 11.9 Å². The zero-order valence-electron chi connectivity index (χ0n) is 9.92. The van der Waals surface area contributed by atoms with Crippen LogP contribution in [0.4, 0.5) is 0 Å². The molecule has 1 saturated heterocycles. The lowest BCUT2D eigenvalue weighted by Crippen LogP contribution is -2.49. The first-order chi connectivity index (χ1) is 8.54. The van der Waals surface area contributed by atoms with E-state index in [4.69, 9.17) is 4.74 Å². The third-order valence-corrected chi connectivity index (χ3v) is 3.19. The summed E-state index contributed by atoms with van der Waals surface area (Å²) in [6.45, 7) is 1.88. The molecule has 6 nitrogen and oxygen atoms in total. The Labute approximate surface area is 104 Å². The van der Waals surface area contributed by atoms with Crippen molar-refractivity contribution in [2.24, 2.45) is 5.41 Å². The molecule has 0 saturated carbocycles. The average molecular weight is 250 g/mol. The van der Waals surface area contributed by atoms with Gasteiger partial charge in [0.05, 0.1) is 19.3 Å². The molecule has 1 amide bonds. The van der Waals surface area contributed by atoms with Gasteiger partial charge in [-0.1, -0.05) is 0 Å². The van der Waals surface area contributed by atoms with Gasteiger partial charge in [0.15, 0.2) is 0 Å². The number of nitrogens with zero attached hydrogens (tertiary/aromatic N) is 1. The number of hydrogen-bond donors (Lipinski definition) is 2. The van der Waals surface area contributed by atoms with Gasteiger partial charge in [-0.05, 0) is 19.1 Å². The highest BCUT2D eigenvalue weighted by molar-refractivity contribution is 5.94. The highest BCUT2D eigenvalue weighted by atomic mass is 16.5. The molecule has 1 aliphatic heterocycles. The Balaban J connectivity index is 2.10. The largest absolute Gasteiger partial charge is 0.481 e. The van der Waals surface area contributed by atoms with E-state index in [0.29, 0.717) is 5.56 Å². The van der Waals surface area contributed by atoms with Crippen LogP contribution in [0.3, 0.4) is 0 Å². The molecule has 0 aliphatic carbocycles. The van der Waals surface area contributed by atoms with Crippen LogP contribution in [-0.4, -0.2) is 41.2 Å². The van der Waals surface area contributed by atoms with Crippen LogP contribution in [0.25, 0.3) is 0 Å². The first-order valence-electron chi connectivity index (χ1n) is 5.56. The third kappa shape index (κ3) is 2.19. The van der Waals surface area contributed by atoms with Crippen molar-refractivity contribution in [1.82, 2.24) is 10.3 Å². The van der Waals surface area contributed by atoms with E-state index in [0.717, 1.165) is 0 Å². The summed E-state index contributed by atoms with van der Waals surface area (Å²) in [6.07, 6.45) is 3.02. The predicted molar refractivity (Wildman–Crippen MR) is 62.1 cm³/mol. The molecule has 6 heteroatoms. The van der Waals surface area contributed by atoms with Crippen molar-refractivity contribution in [3.63, 3.8) is 0 Å². The molecule has 2 atom stereocenters. The molecule has 18 heavy (non-hydrogen) atoms. The number of ether oxygens (including phenoxy) is 1. The van der Waals surface area contributed by atoms with Crippen LogP contribution in [0.2, 0.25) is 0 Å². The Morgan fingerprint density at radius 2 is 2.17 bits per heavy atom. The smallest absolute Gasteiger partial charge is 0.313 e. The van der Waals surface area contributed by atoms with E-state index < -0.39 is 17.4 Å². The highest BCUT2D eigenvalue weighted by Crippen LogP contribution is 2.28. The topological polar surface area (TPSA) is 88.5 Å². The summed E-state index contributed by atoms with van der Waals surface area (Å²) in [6, 6.07) is 2.61. The van der Waals surface area contributed by atoms with Gasteiger partial charge < -0.3 is 15.2 Å². The summed E-state index contributed by atoms with van der Waals surface area (Å²) in [5.41, 5.74) is -0.632. The van der Waals surface area contributed by atoms with E-state index in [9.17, 15) is 14.7 Å². The molecular formula is C12H14N2O4. The summed E-state index contributed by atoms with van der Waals surface area (Å²) in [4.78, 5) is 27.0. The summed E-state index contributed by atoms with van der Waals surface area (Å²) < 4.78 is 5.16. The van der Waals surface area contributed by atoms with Crippen LogP contribution in [-0.2, 0) is 9.53 Å². The van der Waals surface area contributed by atoms with Crippen molar-refractivity contribution in [2.45, 2.75) is 13.0 Å². The normalized spacial score (nSPS) is 26.8. The molecule has 1 aromatic heterocycles. The lowest BCUT2D eigenvalue weighted by Gasteiger charge is -2.25. The summed E-state index contributed by atoms with van der Waals surface area (Å²) >= 11 is 0. The number of carbonyl (C=O) groups excluding carboxylic acids is 1. The molecule has 0 spiro atoms. The molecule has 2 rings (SSSR count). The summed E-state index contributed by atoms with van der Waals surface area (Å²) in [5, 5.41) is 11.9. The second-order valence-electron chi connectivity index (χ2n) is 4.50. The number of aromatic nitrogens is 1. The van der Waals surface area contributed by atoms with E-state index in [1.54, 1.807) is 19.1 Å². The average Bonchev–Trinajstić information content (AvgIpc) is 2.73. The Bertz CT molecular complexity index is 462. The zero-order chi connectivity index (χ0) is 13.2. The molecule has 1 fully saturated rings. The first kappa shape index (κ1) is 12.5. The maximum atomic E-state index is 11.9.